The van der Waals surface area contributed by atoms with E-state index in [0.29, 0.717) is 0 Å². The summed E-state index contributed by atoms with van der Waals surface area (Å²) in [5.41, 5.74) is 9.15. The summed E-state index contributed by atoms with van der Waals surface area (Å²) in [6.07, 6.45) is 1.01. The largest absolute Gasteiger partial charge is 0.494 e. The first-order valence-corrected chi connectivity index (χ1v) is 6.62. The smallest absolute Gasteiger partial charge is 0.119 e. The second-order valence-corrected chi connectivity index (χ2v) is 4.60. The molecule has 0 aliphatic rings. The van der Waals surface area contributed by atoms with Crippen LogP contribution in [0.4, 0.5) is 0 Å². The minimum absolute atomic E-state index is 0.194. The molecule has 19 heavy (non-hydrogen) atoms. The third-order valence-electron chi connectivity index (χ3n) is 2.94. The van der Waals surface area contributed by atoms with Crippen molar-refractivity contribution in [3.8, 4) is 5.75 Å². The second kappa shape index (κ2) is 6.34. The van der Waals surface area contributed by atoms with Crippen molar-refractivity contribution in [3.63, 3.8) is 0 Å². The van der Waals surface area contributed by atoms with E-state index in [0.717, 1.165) is 35.7 Å². The number of hydrogen-bond donors (Lipinski definition) is 1. The number of hydrogen-bond acceptors (Lipinski definition) is 3. The summed E-state index contributed by atoms with van der Waals surface area (Å²) >= 11 is 0. The summed E-state index contributed by atoms with van der Waals surface area (Å²) in [6.45, 7) is 4.80. The van der Waals surface area contributed by atoms with Gasteiger partial charge in [0.05, 0.1) is 18.3 Å². The van der Waals surface area contributed by atoms with E-state index >= 15 is 0 Å². The van der Waals surface area contributed by atoms with E-state index in [9.17, 15) is 0 Å². The van der Waals surface area contributed by atoms with E-state index in [1.807, 2.05) is 49.4 Å². The number of aromatic nitrogens is 1. The molecule has 2 rings (SSSR count). The third-order valence-corrected chi connectivity index (χ3v) is 2.94. The molecule has 2 N–H and O–H groups in total. The number of pyridine rings is 1. The van der Waals surface area contributed by atoms with Gasteiger partial charge in [0.1, 0.15) is 5.75 Å². The molecule has 3 heteroatoms. The molecule has 3 nitrogen and oxygen atoms in total. The Kier molecular flexibility index (Phi) is 4.53. The fraction of sp³-hybridized carbons (Fsp3) is 0.312. The molecule has 0 fully saturated rings. The average Bonchev–Trinajstić information content (AvgIpc) is 2.45. The maximum absolute atomic E-state index is 6.23. The van der Waals surface area contributed by atoms with Crippen molar-refractivity contribution < 1.29 is 4.74 Å². The van der Waals surface area contributed by atoms with Gasteiger partial charge < -0.3 is 10.5 Å². The zero-order chi connectivity index (χ0) is 13.7. The fourth-order valence-electron chi connectivity index (χ4n) is 1.90. The van der Waals surface area contributed by atoms with Crippen molar-refractivity contribution in [3.05, 3.63) is 59.4 Å². The molecule has 1 aromatic carbocycles. The van der Waals surface area contributed by atoms with Crippen molar-refractivity contribution in [2.75, 3.05) is 6.61 Å². The lowest BCUT2D eigenvalue weighted by Crippen LogP contribution is -2.13. The standard InChI is InChI=1S/C16H20N2O/c1-3-11-19-14-9-7-13(8-10-14)16(17)15-6-4-5-12(2)18-15/h4-10,16H,3,11,17H2,1-2H3. The lowest BCUT2D eigenvalue weighted by Gasteiger charge is -2.13. The van der Waals surface area contributed by atoms with E-state index in [1.54, 1.807) is 0 Å². The number of nitrogens with two attached hydrogens (primary N) is 1. The predicted octanol–water partition coefficient (Wildman–Crippen LogP) is 3.23. The first-order valence-electron chi connectivity index (χ1n) is 6.62. The van der Waals surface area contributed by atoms with Crippen molar-refractivity contribution in [1.82, 2.24) is 4.98 Å². The van der Waals surface area contributed by atoms with Gasteiger partial charge in [0.15, 0.2) is 0 Å². The van der Waals surface area contributed by atoms with E-state index in [1.165, 1.54) is 0 Å². The van der Waals surface area contributed by atoms with E-state index < -0.39 is 0 Å². The van der Waals surface area contributed by atoms with Crippen molar-refractivity contribution in [2.24, 2.45) is 5.73 Å². The highest BCUT2D eigenvalue weighted by atomic mass is 16.5. The number of benzene rings is 1. The molecule has 1 heterocycles. The quantitative estimate of drug-likeness (QED) is 0.893. The summed E-state index contributed by atoms with van der Waals surface area (Å²) in [4.78, 5) is 4.47. The van der Waals surface area contributed by atoms with Crippen LogP contribution >= 0.6 is 0 Å². The molecule has 0 amide bonds. The molecule has 0 bridgehead atoms. The van der Waals surface area contributed by atoms with E-state index in [2.05, 4.69) is 11.9 Å². The Morgan fingerprint density at radius 2 is 1.89 bits per heavy atom. The zero-order valence-electron chi connectivity index (χ0n) is 11.5. The molecular weight excluding hydrogens is 236 g/mol. The van der Waals surface area contributed by atoms with Crippen molar-refractivity contribution in [1.29, 1.82) is 0 Å². The Balaban J connectivity index is 2.13. The van der Waals surface area contributed by atoms with Gasteiger partial charge in [-0.15, -0.1) is 0 Å². The Morgan fingerprint density at radius 1 is 1.16 bits per heavy atom. The van der Waals surface area contributed by atoms with Crippen LogP contribution in [0, 0.1) is 6.92 Å². The molecule has 0 aliphatic carbocycles. The third kappa shape index (κ3) is 3.55. The van der Waals surface area contributed by atoms with Gasteiger partial charge in [0.25, 0.3) is 0 Å². The number of rotatable bonds is 5. The minimum Gasteiger partial charge on any atom is -0.494 e. The topological polar surface area (TPSA) is 48.1 Å². The molecule has 2 aromatic rings. The van der Waals surface area contributed by atoms with Crippen LogP contribution in [0.25, 0.3) is 0 Å². The first-order chi connectivity index (χ1) is 9.20. The lowest BCUT2D eigenvalue weighted by atomic mass is 10.0. The summed E-state index contributed by atoms with van der Waals surface area (Å²) < 4.78 is 5.56. The van der Waals surface area contributed by atoms with Gasteiger partial charge >= 0.3 is 0 Å². The Hall–Kier alpha value is -1.87. The Morgan fingerprint density at radius 3 is 2.53 bits per heavy atom. The molecular formula is C16H20N2O. The molecule has 100 valence electrons. The van der Waals surface area contributed by atoms with Crippen LogP contribution in [0.5, 0.6) is 5.75 Å². The van der Waals surface area contributed by atoms with Crippen molar-refractivity contribution in [2.45, 2.75) is 26.3 Å². The monoisotopic (exact) mass is 256 g/mol. The van der Waals surface area contributed by atoms with Gasteiger partial charge in [-0.2, -0.15) is 0 Å². The van der Waals surface area contributed by atoms with Gasteiger partial charge in [0, 0.05) is 5.69 Å². The maximum Gasteiger partial charge on any atom is 0.119 e. The second-order valence-electron chi connectivity index (χ2n) is 4.60. The van der Waals surface area contributed by atoms with Crippen LogP contribution in [0.15, 0.2) is 42.5 Å². The summed E-state index contributed by atoms with van der Waals surface area (Å²) in [7, 11) is 0. The Bertz CT molecular complexity index is 523. The van der Waals surface area contributed by atoms with E-state index in [4.69, 9.17) is 10.5 Å². The molecule has 0 saturated heterocycles. The number of aryl methyl sites for hydroxylation is 1. The Labute approximate surface area is 114 Å². The molecule has 0 aliphatic heterocycles. The molecule has 1 atom stereocenters. The normalized spacial score (nSPS) is 12.2. The highest BCUT2D eigenvalue weighted by molar-refractivity contribution is 5.33. The summed E-state index contributed by atoms with van der Waals surface area (Å²) in [5.74, 6) is 0.884. The van der Waals surface area contributed by atoms with Crippen molar-refractivity contribution >= 4 is 0 Å². The van der Waals surface area contributed by atoms with Crippen LogP contribution in [0.1, 0.15) is 36.3 Å². The van der Waals surface area contributed by atoms with E-state index in [-0.39, 0.29) is 6.04 Å². The van der Waals surface area contributed by atoms with Gasteiger partial charge in [-0.3, -0.25) is 4.98 Å². The highest BCUT2D eigenvalue weighted by Gasteiger charge is 2.10. The fourth-order valence-corrected chi connectivity index (χ4v) is 1.90. The van der Waals surface area contributed by atoms with Crippen LogP contribution in [0.3, 0.4) is 0 Å². The van der Waals surface area contributed by atoms with Gasteiger partial charge in [-0.25, -0.2) is 0 Å². The molecule has 1 unspecified atom stereocenters. The van der Waals surface area contributed by atoms with Gasteiger partial charge in [-0.05, 0) is 43.2 Å². The number of nitrogens with zero attached hydrogens (tertiary/aromatic N) is 1. The van der Waals surface area contributed by atoms with Crippen LogP contribution in [-0.4, -0.2) is 11.6 Å². The summed E-state index contributed by atoms with van der Waals surface area (Å²) in [6, 6.07) is 13.6. The first kappa shape index (κ1) is 13.6. The van der Waals surface area contributed by atoms with Crippen LogP contribution in [-0.2, 0) is 0 Å². The zero-order valence-corrected chi connectivity index (χ0v) is 11.5. The minimum atomic E-state index is -0.194. The lowest BCUT2D eigenvalue weighted by molar-refractivity contribution is 0.317. The SMILES string of the molecule is CCCOc1ccc(C(N)c2cccc(C)n2)cc1. The molecule has 1 aromatic heterocycles. The average molecular weight is 256 g/mol. The molecule has 0 radical (unpaired) electrons. The molecule has 0 saturated carbocycles. The maximum atomic E-state index is 6.23. The van der Waals surface area contributed by atoms with Gasteiger partial charge in [0.2, 0.25) is 0 Å². The highest BCUT2D eigenvalue weighted by Crippen LogP contribution is 2.21. The number of ether oxygens (including phenoxy) is 1. The predicted molar refractivity (Wildman–Crippen MR) is 77.2 cm³/mol. The van der Waals surface area contributed by atoms with Crippen LogP contribution in [0.2, 0.25) is 0 Å². The van der Waals surface area contributed by atoms with Gasteiger partial charge in [-0.1, -0.05) is 25.1 Å². The van der Waals surface area contributed by atoms with Crippen LogP contribution < -0.4 is 10.5 Å². The molecule has 0 spiro atoms. The summed E-state index contributed by atoms with van der Waals surface area (Å²) in [5, 5.41) is 0.